The fraction of sp³-hybridized carbons (Fsp3) is 0.217. The molecular weight excluding hydrogens is 396 g/mol. The van der Waals surface area contributed by atoms with Crippen molar-refractivity contribution in [3.63, 3.8) is 0 Å². The van der Waals surface area contributed by atoms with Gasteiger partial charge in [0.15, 0.2) is 5.13 Å². The van der Waals surface area contributed by atoms with Crippen LogP contribution in [0.25, 0.3) is 22.2 Å². The first-order chi connectivity index (χ1) is 14.5. The van der Waals surface area contributed by atoms with Gasteiger partial charge in [-0.3, -0.25) is 14.2 Å². The lowest BCUT2D eigenvalue weighted by Crippen LogP contribution is -2.27. The van der Waals surface area contributed by atoms with Crippen molar-refractivity contribution in [3.8, 4) is 11.3 Å². The minimum atomic E-state index is -0.317. The first-order valence-electron chi connectivity index (χ1n) is 9.85. The lowest BCUT2D eigenvalue weighted by Gasteiger charge is -2.09. The number of hydrogen-bond donors (Lipinski definition) is 1. The third-order valence-electron chi connectivity index (χ3n) is 5.18. The number of carbonyl (C=O) groups excluding carboxylic acids is 1. The summed E-state index contributed by atoms with van der Waals surface area (Å²) in [6, 6.07) is 15.4. The maximum Gasteiger partial charge on any atom is 0.261 e. The van der Waals surface area contributed by atoms with Crippen LogP contribution in [0.1, 0.15) is 31.7 Å². The zero-order chi connectivity index (χ0) is 21.1. The van der Waals surface area contributed by atoms with E-state index in [-0.39, 0.29) is 18.0 Å². The first-order valence-corrected chi connectivity index (χ1v) is 10.7. The molecule has 2 heterocycles. The van der Waals surface area contributed by atoms with Crippen LogP contribution in [0.5, 0.6) is 0 Å². The van der Waals surface area contributed by atoms with Crippen molar-refractivity contribution < 1.29 is 4.79 Å². The van der Waals surface area contributed by atoms with Crippen LogP contribution < -0.4 is 10.9 Å². The van der Waals surface area contributed by atoms with E-state index in [0.717, 1.165) is 17.7 Å². The van der Waals surface area contributed by atoms with E-state index < -0.39 is 0 Å². The van der Waals surface area contributed by atoms with Crippen molar-refractivity contribution in [2.45, 2.75) is 32.7 Å². The number of thiazole rings is 1. The average molecular weight is 419 g/mol. The summed E-state index contributed by atoms with van der Waals surface area (Å²) in [6.45, 7) is 4.27. The Morgan fingerprint density at radius 2 is 1.93 bits per heavy atom. The number of benzene rings is 2. The summed E-state index contributed by atoms with van der Waals surface area (Å²) in [7, 11) is 0. The van der Waals surface area contributed by atoms with E-state index in [4.69, 9.17) is 0 Å². The lowest BCUT2D eigenvalue weighted by molar-refractivity contribution is -0.116. The van der Waals surface area contributed by atoms with E-state index in [1.54, 1.807) is 18.2 Å². The Kier molecular flexibility index (Phi) is 5.72. The highest BCUT2D eigenvalue weighted by Gasteiger charge is 2.11. The molecule has 30 heavy (non-hydrogen) atoms. The Labute approximate surface area is 178 Å². The van der Waals surface area contributed by atoms with Crippen molar-refractivity contribution in [3.05, 3.63) is 76.2 Å². The second kappa shape index (κ2) is 8.59. The Morgan fingerprint density at radius 3 is 2.70 bits per heavy atom. The summed E-state index contributed by atoms with van der Waals surface area (Å²) in [6.07, 6.45) is 2.50. The van der Waals surface area contributed by atoms with Crippen molar-refractivity contribution >= 4 is 33.3 Å². The molecule has 0 aliphatic heterocycles. The van der Waals surface area contributed by atoms with Gasteiger partial charge in [-0.2, -0.15) is 0 Å². The third-order valence-corrected chi connectivity index (χ3v) is 5.94. The van der Waals surface area contributed by atoms with Gasteiger partial charge < -0.3 is 5.32 Å². The molecule has 0 saturated carbocycles. The second-order valence-electron chi connectivity index (χ2n) is 7.21. The molecule has 0 fully saturated rings. The Bertz CT molecular complexity index is 1240. The van der Waals surface area contributed by atoms with E-state index in [1.165, 1.54) is 27.8 Å². The molecule has 0 radical (unpaired) electrons. The Morgan fingerprint density at radius 1 is 1.17 bits per heavy atom. The minimum absolute atomic E-state index is 0.116. The smallest absolute Gasteiger partial charge is 0.261 e. The molecule has 0 aliphatic carbocycles. The van der Waals surface area contributed by atoms with Gasteiger partial charge in [-0.25, -0.2) is 9.97 Å². The highest BCUT2D eigenvalue weighted by Crippen LogP contribution is 2.27. The molecule has 6 nitrogen and oxygen atoms in total. The molecule has 0 unspecified atom stereocenters. The number of hydrogen-bond acceptors (Lipinski definition) is 5. The van der Waals surface area contributed by atoms with Gasteiger partial charge in [0, 0.05) is 10.9 Å². The first kappa shape index (κ1) is 20.0. The number of amides is 1. The normalized spacial score (nSPS) is 12.1. The van der Waals surface area contributed by atoms with Gasteiger partial charge in [-0.05, 0) is 30.0 Å². The highest BCUT2D eigenvalue weighted by atomic mass is 32.1. The van der Waals surface area contributed by atoms with Crippen molar-refractivity contribution in [2.75, 3.05) is 5.32 Å². The molecule has 2 aromatic carbocycles. The Hall–Kier alpha value is -3.32. The monoisotopic (exact) mass is 418 g/mol. The van der Waals surface area contributed by atoms with Crippen LogP contribution in [-0.4, -0.2) is 20.4 Å². The standard InChI is InChI=1S/C23H22N4O2S/c1-3-15(2)16-8-10-17(11-9-16)20-13-30-23(25-20)26-21(28)12-27-14-24-19-7-5-4-6-18(19)22(27)29/h4-11,13-15H,3,12H2,1-2H3,(H,25,26,28)/t15-/m0/s1. The van der Waals surface area contributed by atoms with Crippen LogP contribution in [-0.2, 0) is 11.3 Å². The molecule has 2 aromatic heterocycles. The van der Waals surface area contributed by atoms with E-state index in [1.807, 2.05) is 11.4 Å². The van der Waals surface area contributed by atoms with Crippen LogP contribution in [0.2, 0.25) is 0 Å². The minimum Gasteiger partial charge on any atom is -0.300 e. The van der Waals surface area contributed by atoms with E-state index >= 15 is 0 Å². The van der Waals surface area contributed by atoms with Crippen LogP contribution in [0.15, 0.2) is 65.0 Å². The van der Waals surface area contributed by atoms with Crippen LogP contribution in [0.3, 0.4) is 0 Å². The number of rotatable bonds is 6. The molecule has 4 aromatic rings. The summed E-state index contributed by atoms with van der Waals surface area (Å²) < 4.78 is 1.31. The third kappa shape index (κ3) is 4.16. The Balaban J connectivity index is 1.45. The summed E-state index contributed by atoms with van der Waals surface area (Å²) >= 11 is 1.36. The van der Waals surface area contributed by atoms with Crippen LogP contribution in [0.4, 0.5) is 5.13 Å². The van der Waals surface area contributed by atoms with Gasteiger partial charge in [-0.1, -0.05) is 50.2 Å². The molecule has 4 rings (SSSR count). The number of nitrogens with one attached hydrogen (secondary N) is 1. The van der Waals surface area contributed by atoms with E-state index in [0.29, 0.717) is 22.0 Å². The molecule has 1 amide bonds. The lowest BCUT2D eigenvalue weighted by atomic mass is 9.97. The number of para-hydroxylation sites is 1. The quantitative estimate of drug-likeness (QED) is 0.494. The molecule has 0 aliphatic rings. The predicted octanol–water partition coefficient (Wildman–Crippen LogP) is 4.67. The molecule has 7 heteroatoms. The van der Waals surface area contributed by atoms with Gasteiger partial charge in [0.05, 0.1) is 22.9 Å². The average Bonchev–Trinajstić information content (AvgIpc) is 3.23. The molecule has 1 atom stereocenters. The van der Waals surface area contributed by atoms with Crippen molar-refractivity contribution in [1.29, 1.82) is 0 Å². The zero-order valence-electron chi connectivity index (χ0n) is 16.8. The van der Waals surface area contributed by atoms with Crippen LogP contribution in [0, 0.1) is 0 Å². The fourth-order valence-electron chi connectivity index (χ4n) is 3.21. The molecule has 152 valence electrons. The topological polar surface area (TPSA) is 76.9 Å². The maximum atomic E-state index is 12.5. The van der Waals surface area contributed by atoms with E-state index in [9.17, 15) is 9.59 Å². The number of anilines is 1. The summed E-state index contributed by atoms with van der Waals surface area (Å²) in [5.74, 6) is 0.208. The number of aromatic nitrogens is 3. The van der Waals surface area contributed by atoms with Crippen molar-refractivity contribution in [1.82, 2.24) is 14.5 Å². The number of nitrogens with zero attached hydrogens (tertiary/aromatic N) is 3. The van der Waals surface area contributed by atoms with Gasteiger partial charge in [0.25, 0.3) is 5.56 Å². The second-order valence-corrected chi connectivity index (χ2v) is 8.07. The SMILES string of the molecule is CC[C@H](C)c1ccc(-c2csc(NC(=O)Cn3cnc4ccccc4c3=O)n2)cc1. The number of fused-ring (bicyclic) bond motifs is 1. The van der Waals surface area contributed by atoms with Gasteiger partial charge >= 0.3 is 0 Å². The van der Waals surface area contributed by atoms with Gasteiger partial charge in [-0.15, -0.1) is 11.3 Å². The largest absolute Gasteiger partial charge is 0.300 e. The van der Waals surface area contributed by atoms with Crippen LogP contribution >= 0.6 is 11.3 Å². The fourth-order valence-corrected chi connectivity index (χ4v) is 3.95. The molecule has 0 bridgehead atoms. The maximum absolute atomic E-state index is 12.5. The van der Waals surface area contributed by atoms with E-state index in [2.05, 4.69) is 53.4 Å². The van der Waals surface area contributed by atoms with Crippen molar-refractivity contribution in [2.24, 2.45) is 0 Å². The molecule has 0 saturated heterocycles. The van der Waals surface area contributed by atoms with Gasteiger partial charge in [0.1, 0.15) is 6.54 Å². The zero-order valence-corrected chi connectivity index (χ0v) is 17.6. The predicted molar refractivity (Wildman–Crippen MR) is 121 cm³/mol. The summed E-state index contributed by atoms with van der Waals surface area (Å²) in [5.41, 5.74) is 3.50. The molecular formula is C23H22N4O2S. The molecule has 0 spiro atoms. The highest BCUT2D eigenvalue weighted by molar-refractivity contribution is 7.14. The number of carbonyl (C=O) groups is 1. The summed E-state index contributed by atoms with van der Waals surface area (Å²) in [4.78, 5) is 33.7. The van der Waals surface area contributed by atoms with Gasteiger partial charge in [0.2, 0.25) is 5.91 Å². The summed E-state index contributed by atoms with van der Waals surface area (Å²) in [5, 5.41) is 5.68. The molecule has 1 N–H and O–H groups in total.